The zero-order chi connectivity index (χ0) is 14.0. The van der Waals surface area contributed by atoms with Gasteiger partial charge < -0.3 is 5.73 Å². The minimum absolute atomic E-state index is 0.292. The van der Waals surface area contributed by atoms with Crippen LogP contribution in [0.4, 0.5) is 8.78 Å². The van der Waals surface area contributed by atoms with Crippen molar-refractivity contribution in [2.75, 3.05) is 0 Å². The first-order valence-electron chi connectivity index (χ1n) is 5.93. The number of rotatable bonds is 4. The van der Waals surface area contributed by atoms with Crippen LogP contribution in [0.3, 0.4) is 0 Å². The van der Waals surface area contributed by atoms with E-state index in [2.05, 4.69) is 5.10 Å². The monoisotopic (exact) mass is 285 g/mol. The van der Waals surface area contributed by atoms with Gasteiger partial charge >= 0.3 is 0 Å². The number of halogens is 3. The van der Waals surface area contributed by atoms with Crippen molar-refractivity contribution >= 4 is 11.6 Å². The fourth-order valence-corrected chi connectivity index (χ4v) is 2.35. The molecule has 0 bridgehead atoms. The van der Waals surface area contributed by atoms with Gasteiger partial charge in [0.2, 0.25) is 0 Å². The first-order valence-corrected chi connectivity index (χ1v) is 6.30. The highest BCUT2D eigenvalue weighted by Gasteiger charge is 2.17. The summed E-state index contributed by atoms with van der Waals surface area (Å²) in [4.78, 5) is 0. The summed E-state index contributed by atoms with van der Waals surface area (Å²) < 4.78 is 27.9. The first kappa shape index (κ1) is 14.0. The lowest BCUT2D eigenvalue weighted by Crippen LogP contribution is -2.18. The van der Waals surface area contributed by atoms with Crippen molar-refractivity contribution in [1.29, 1.82) is 0 Å². The minimum atomic E-state index is -0.614. The molecule has 0 aliphatic carbocycles. The van der Waals surface area contributed by atoms with Gasteiger partial charge in [-0.3, -0.25) is 4.68 Å². The summed E-state index contributed by atoms with van der Waals surface area (Å²) in [5.41, 5.74) is 7.22. The zero-order valence-electron chi connectivity index (χ0n) is 10.4. The molecule has 2 N–H and O–H groups in total. The van der Waals surface area contributed by atoms with E-state index >= 15 is 0 Å². The van der Waals surface area contributed by atoms with E-state index in [4.69, 9.17) is 17.3 Å². The van der Waals surface area contributed by atoms with Crippen LogP contribution in [-0.2, 0) is 13.0 Å². The third-order valence-electron chi connectivity index (χ3n) is 2.86. The minimum Gasteiger partial charge on any atom is -0.322 e. The van der Waals surface area contributed by atoms with E-state index in [1.165, 1.54) is 18.3 Å². The molecular weight excluding hydrogens is 272 g/mol. The van der Waals surface area contributed by atoms with E-state index < -0.39 is 17.7 Å². The second kappa shape index (κ2) is 5.67. The number of hydrogen-bond donors (Lipinski definition) is 1. The molecule has 0 saturated carbocycles. The van der Waals surface area contributed by atoms with Gasteiger partial charge in [-0.1, -0.05) is 11.6 Å². The molecule has 1 aromatic carbocycles. The zero-order valence-corrected chi connectivity index (χ0v) is 11.2. The molecule has 0 aliphatic heterocycles. The van der Waals surface area contributed by atoms with Gasteiger partial charge in [0.15, 0.2) is 0 Å². The van der Waals surface area contributed by atoms with E-state index in [0.29, 0.717) is 29.2 Å². The Morgan fingerprint density at radius 2 is 1.95 bits per heavy atom. The molecule has 2 rings (SSSR count). The van der Waals surface area contributed by atoms with E-state index in [0.717, 1.165) is 6.07 Å². The number of aryl methyl sites for hydroxylation is 1. The molecule has 0 radical (unpaired) electrons. The van der Waals surface area contributed by atoms with Crippen LogP contribution in [0.15, 0.2) is 24.4 Å². The van der Waals surface area contributed by atoms with Crippen molar-refractivity contribution in [3.63, 3.8) is 0 Å². The summed E-state index contributed by atoms with van der Waals surface area (Å²) in [5, 5.41) is 4.55. The van der Waals surface area contributed by atoms with Gasteiger partial charge in [0.25, 0.3) is 0 Å². The maximum Gasteiger partial charge on any atom is 0.126 e. The predicted molar refractivity (Wildman–Crippen MR) is 69.9 cm³/mol. The van der Waals surface area contributed by atoms with Gasteiger partial charge in [-0.15, -0.1) is 0 Å². The topological polar surface area (TPSA) is 43.8 Å². The Bertz CT molecular complexity index is 563. The van der Waals surface area contributed by atoms with Gasteiger partial charge in [0.05, 0.1) is 23.0 Å². The number of aromatic nitrogens is 2. The second-order valence-electron chi connectivity index (χ2n) is 4.28. The number of benzene rings is 1. The maximum absolute atomic E-state index is 13.1. The molecule has 102 valence electrons. The average Bonchev–Trinajstić information content (AvgIpc) is 2.68. The molecular formula is C13H14ClF2N3. The molecule has 2 aromatic rings. The Morgan fingerprint density at radius 1 is 1.32 bits per heavy atom. The molecule has 0 aliphatic rings. The Kier molecular flexibility index (Phi) is 4.17. The van der Waals surface area contributed by atoms with E-state index in [1.807, 2.05) is 6.92 Å². The molecule has 19 heavy (non-hydrogen) atoms. The standard InChI is InChI=1S/C13H14ClF2N3/c1-2-19-13(11(14)7-18-19)12(17)5-8-3-9(15)6-10(16)4-8/h3-4,6-7,12H,2,5,17H2,1H3. The van der Waals surface area contributed by atoms with E-state index in [1.54, 1.807) is 4.68 Å². The average molecular weight is 286 g/mol. The second-order valence-corrected chi connectivity index (χ2v) is 4.69. The van der Waals surface area contributed by atoms with Crippen LogP contribution in [0.1, 0.15) is 24.2 Å². The number of nitrogens with two attached hydrogens (primary N) is 1. The molecule has 1 unspecified atom stereocenters. The lowest BCUT2D eigenvalue weighted by molar-refractivity contribution is 0.557. The molecule has 6 heteroatoms. The molecule has 0 saturated heterocycles. The molecule has 1 heterocycles. The van der Waals surface area contributed by atoms with E-state index in [-0.39, 0.29) is 0 Å². The molecule has 1 aromatic heterocycles. The predicted octanol–water partition coefficient (Wildman–Crippen LogP) is 3.08. The molecule has 1 atom stereocenters. The highest BCUT2D eigenvalue weighted by atomic mass is 35.5. The van der Waals surface area contributed by atoms with Crippen molar-refractivity contribution < 1.29 is 8.78 Å². The third-order valence-corrected chi connectivity index (χ3v) is 3.15. The maximum atomic E-state index is 13.1. The molecule has 3 nitrogen and oxygen atoms in total. The summed E-state index contributed by atoms with van der Waals surface area (Å²) in [6, 6.07) is 2.90. The van der Waals surface area contributed by atoms with Crippen LogP contribution < -0.4 is 5.73 Å². The fraction of sp³-hybridized carbons (Fsp3) is 0.308. The smallest absolute Gasteiger partial charge is 0.126 e. The summed E-state index contributed by atoms with van der Waals surface area (Å²) in [7, 11) is 0. The lowest BCUT2D eigenvalue weighted by Gasteiger charge is -2.14. The van der Waals surface area contributed by atoms with Gasteiger partial charge in [-0.2, -0.15) is 5.10 Å². The number of hydrogen-bond acceptors (Lipinski definition) is 2. The van der Waals surface area contributed by atoms with Gasteiger partial charge in [-0.25, -0.2) is 8.78 Å². The largest absolute Gasteiger partial charge is 0.322 e. The van der Waals surface area contributed by atoms with Crippen molar-refractivity contribution in [2.45, 2.75) is 25.9 Å². The van der Waals surface area contributed by atoms with Crippen LogP contribution >= 0.6 is 11.6 Å². The highest BCUT2D eigenvalue weighted by molar-refractivity contribution is 6.31. The van der Waals surface area contributed by atoms with Gasteiger partial charge in [0, 0.05) is 12.6 Å². The third kappa shape index (κ3) is 3.11. The van der Waals surface area contributed by atoms with Crippen LogP contribution in [0, 0.1) is 11.6 Å². The summed E-state index contributed by atoms with van der Waals surface area (Å²) in [6.07, 6.45) is 1.81. The molecule has 0 amide bonds. The van der Waals surface area contributed by atoms with Crippen LogP contribution in [0.5, 0.6) is 0 Å². The Labute approximate surface area is 115 Å². The normalized spacial score (nSPS) is 12.7. The van der Waals surface area contributed by atoms with Crippen molar-refractivity contribution in [2.24, 2.45) is 5.73 Å². The fourth-order valence-electron chi connectivity index (χ4n) is 2.07. The SMILES string of the molecule is CCn1ncc(Cl)c1C(N)Cc1cc(F)cc(F)c1. The summed E-state index contributed by atoms with van der Waals surface area (Å²) in [5.74, 6) is -1.23. The highest BCUT2D eigenvalue weighted by Crippen LogP contribution is 2.24. The van der Waals surface area contributed by atoms with E-state index in [9.17, 15) is 8.78 Å². The Morgan fingerprint density at radius 3 is 2.53 bits per heavy atom. The van der Waals surface area contributed by atoms with Crippen LogP contribution in [0.25, 0.3) is 0 Å². The van der Waals surface area contributed by atoms with Crippen molar-refractivity contribution in [3.8, 4) is 0 Å². The number of nitrogens with zero attached hydrogens (tertiary/aromatic N) is 2. The first-order chi connectivity index (χ1) is 9.01. The van der Waals surface area contributed by atoms with Gasteiger partial charge in [0.1, 0.15) is 11.6 Å². The van der Waals surface area contributed by atoms with Crippen LogP contribution in [0.2, 0.25) is 5.02 Å². The Balaban J connectivity index is 2.25. The van der Waals surface area contributed by atoms with Crippen molar-refractivity contribution in [1.82, 2.24) is 9.78 Å². The molecule has 0 fully saturated rings. The lowest BCUT2D eigenvalue weighted by atomic mass is 10.0. The Hall–Kier alpha value is -1.46. The van der Waals surface area contributed by atoms with Crippen LogP contribution in [-0.4, -0.2) is 9.78 Å². The van der Waals surface area contributed by atoms with Crippen molar-refractivity contribution in [3.05, 3.63) is 52.3 Å². The van der Waals surface area contributed by atoms with Gasteiger partial charge in [-0.05, 0) is 31.0 Å². The summed E-state index contributed by atoms with van der Waals surface area (Å²) >= 11 is 6.04. The molecule has 0 spiro atoms. The summed E-state index contributed by atoms with van der Waals surface area (Å²) in [6.45, 7) is 2.55. The quantitative estimate of drug-likeness (QED) is 0.938.